The third kappa shape index (κ3) is 2.90. The van der Waals surface area contributed by atoms with Crippen LogP contribution in [-0.2, 0) is 6.54 Å². The van der Waals surface area contributed by atoms with Crippen molar-refractivity contribution in [1.29, 1.82) is 0 Å². The van der Waals surface area contributed by atoms with Crippen LogP contribution in [0.5, 0.6) is 0 Å². The summed E-state index contributed by atoms with van der Waals surface area (Å²) in [6.07, 6.45) is 2.00. The highest BCUT2D eigenvalue weighted by atomic mass is 16.2. The summed E-state index contributed by atoms with van der Waals surface area (Å²) >= 11 is 0. The predicted molar refractivity (Wildman–Crippen MR) is 96.5 cm³/mol. The second-order valence-electron chi connectivity index (χ2n) is 7.12. The van der Waals surface area contributed by atoms with Crippen molar-refractivity contribution in [3.05, 3.63) is 47.3 Å². The van der Waals surface area contributed by atoms with Crippen molar-refractivity contribution in [2.75, 3.05) is 25.5 Å². The first-order chi connectivity index (χ1) is 11.4. The van der Waals surface area contributed by atoms with Crippen LogP contribution in [0.25, 0.3) is 0 Å². The molecule has 0 saturated heterocycles. The summed E-state index contributed by atoms with van der Waals surface area (Å²) in [5.74, 6) is 0.468. The second-order valence-corrected chi connectivity index (χ2v) is 7.12. The molecule has 1 aliphatic rings. The van der Waals surface area contributed by atoms with Crippen molar-refractivity contribution in [2.24, 2.45) is 0 Å². The van der Waals surface area contributed by atoms with Gasteiger partial charge in [-0.1, -0.05) is 6.92 Å². The Kier molecular flexibility index (Phi) is 4.35. The molecule has 1 aromatic heterocycles. The third-order valence-corrected chi connectivity index (χ3v) is 4.61. The fourth-order valence-electron chi connectivity index (χ4n) is 3.44. The fraction of sp³-hybridized carbons (Fsp3) is 0.474. The Morgan fingerprint density at radius 1 is 1.25 bits per heavy atom. The van der Waals surface area contributed by atoms with Crippen molar-refractivity contribution in [3.8, 4) is 0 Å². The van der Waals surface area contributed by atoms with Crippen LogP contribution in [0, 0.1) is 0 Å². The zero-order valence-electron chi connectivity index (χ0n) is 15.2. The minimum absolute atomic E-state index is 0.0362. The molecule has 0 saturated carbocycles. The van der Waals surface area contributed by atoms with Crippen LogP contribution in [0.15, 0.2) is 30.5 Å². The number of nitrogens with zero attached hydrogens (tertiary/aromatic N) is 4. The van der Waals surface area contributed by atoms with E-state index in [1.807, 2.05) is 30.5 Å². The Balaban J connectivity index is 1.83. The minimum Gasteiger partial charge on any atom is -0.366 e. The molecule has 1 atom stereocenters. The zero-order valence-corrected chi connectivity index (χ0v) is 15.2. The Morgan fingerprint density at radius 3 is 2.50 bits per heavy atom. The molecular weight excluding hydrogens is 300 g/mol. The van der Waals surface area contributed by atoms with Gasteiger partial charge >= 0.3 is 0 Å². The molecule has 24 heavy (non-hydrogen) atoms. The minimum atomic E-state index is 0.0362. The van der Waals surface area contributed by atoms with E-state index < -0.39 is 0 Å². The number of anilines is 1. The lowest BCUT2D eigenvalue weighted by atomic mass is 9.97. The van der Waals surface area contributed by atoms with E-state index in [-0.39, 0.29) is 5.91 Å². The van der Waals surface area contributed by atoms with Crippen LogP contribution < -0.4 is 4.90 Å². The summed E-state index contributed by atoms with van der Waals surface area (Å²) in [4.78, 5) is 16.0. The lowest BCUT2D eigenvalue weighted by Crippen LogP contribution is -2.33. The average molecular weight is 326 g/mol. The van der Waals surface area contributed by atoms with E-state index in [1.165, 1.54) is 11.3 Å². The third-order valence-electron chi connectivity index (χ3n) is 4.61. The van der Waals surface area contributed by atoms with Crippen LogP contribution in [0.3, 0.4) is 0 Å². The van der Waals surface area contributed by atoms with Gasteiger partial charge in [-0.2, -0.15) is 5.10 Å². The van der Waals surface area contributed by atoms with Crippen LogP contribution in [-0.4, -0.2) is 41.2 Å². The normalized spacial score (nSPS) is 17.1. The first-order valence-corrected chi connectivity index (χ1v) is 8.51. The number of rotatable bonds is 3. The maximum absolute atomic E-state index is 12.0. The van der Waals surface area contributed by atoms with Crippen LogP contribution in [0.1, 0.15) is 54.3 Å². The quantitative estimate of drug-likeness (QED) is 0.869. The smallest absolute Gasteiger partial charge is 0.253 e. The number of carbonyl (C=O) groups is 1. The second kappa shape index (κ2) is 6.30. The first kappa shape index (κ1) is 16.6. The molecule has 0 N–H and O–H groups in total. The van der Waals surface area contributed by atoms with E-state index in [9.17, 15) is 4.79 Å². The van der Waals surface area contributed by atoms with Crippen LogP contribution >= 0.6 is 0 Å². The van der Waals surface area contributed by atoms with Crippen molar-refractivity contribution in [3.63, 3.8) is 0 Å². The van der Waals surface area contributed by atoms with Gasteiger partial charge in [-0.05, 0) is 38.1 Å². The lowest BCUT2D eigenvalue weighted by molar-refractivity contribution is 0.0827. The van der Waals surface area contributed by atoms with E-state index >= 15 is 0 Å². The van der Waals surface area contributed by atoms with Crippen molar-refractivity contribution in [2.45, 2.75) is 39.3 Å². The number of hydrogen-bond acceptors (Lipinski definition) is 3. The number of carbonyl (C=O) groups excluding carboxylic acids is 1. The van der Waals surface area contributed by atoms with Crippen molar-refractivity contribution < 1.29 is 4.79 Å². The molecule has 0 radical (unpaired) electrons. The largest absolute Gasteiger partial charge is 0.366 e. The zero-order chi connectivity index (χ0) is 17.4. The highest BCUT2D eigenvalue weighted by Gasteiger charge is 2.27. The maximum atomic E-state index is 12.0. The van der Waals surface area contributed by atoms with Gasteiger partial charge < -0.3 is 9.80 Å². The van der Waals surface area contributed by atoms with Gasteiger partial charge in [-0.3, -0.25) is 9.48 Å². The topological polar surface area (TPSA) is 41.4 Å². The molecule has 1 aromatic carbocycles. The fourth-order valence-corrected chi connectivity index (χ4v) is 3.44. The standard InChI is InChI=1S/C19H26N4O/c1-13(2)23-18-14(3)11-22(12-16(18)10-20-23)17-8-6-15(7-9-17)19(24)21(4)5/h6-10,13-14H,11-12H2,1-5H3. The monoisotopic (exact) mass is 326 g/mol. The predicted octanol–water partition coefficient (Wildman–Crippen LogP) is 3.29. The van der Waals surface area contributed by atoms with E-state index in [0.29, 0.717) is 12.0 Å². The molecule has 2 heterocycles. The molecular formula is C19H26N4O. The van der Waals surface area contributed by atoms with Gasteiger partial charge in [0, 0.05) is 61.7 Å². The van der Waals surface area contributed by atoms with E-state index in [4.69, 9.17) is 0 Å². The molecule has 0 spiro atoms. The number of amides is 1. The average Bonchev–Trinajstić information content (AvgIpc) is 2.99. The van der Waals surface area contributed by atoms with E-state index in [2.05, 4.69) is 35.5 Å². The summed E-state index contributed by atoms with van der Waals surface area (Å²) in [6.45, 7) is 8.44. The molecule has 5 nitrogen and oxygen atoms in total. The molecule has 5 heteroatoms. The lowest BCUT2D eigenvalue weighted by Gasteiger charge is -2.34. The van der Waals surface area contributed by atoms with Gasteiger partial charge in [0.1, 0.15) is 0 Å². The van der Waals surface area contributed by atoms with Gasteiger partial charge in [-0.15, -0.1) is 0 Å². The summed E-state index contributed by atoms with van der Waals surface area (Å²) in [6, 6.07) is 8.30. The van der Waals surface area contributed by atoms with Crippen molar-refractivity contribution >= 4 is 11.6 Å². The number of benzene rings is 1. The summed E-state index contributed by atoms with van der Waals surface area (Å²) in [7, 11) is 3.55. The molecule has 1 amide bonds. The SMILES string of the molecule is CC1CN(c2ccc(C(=O)N(C)C)cc2)Cc2cnn(C(C)C)c21. The first-order valence-electron chi connectivity index (χ1n) is 8.51. The molecule has 3 rings (SSSR count). The number of aromatic nitrogens is 2. The molecule has 0 bridgehead atoms. The highest BCUT2D eigenvalue weighted by molar-refractivity contribution is 5.94. The summed E-state index contributed by atoms with van der Waals surface area (Å²) in [5, 5.41) is 4.57. The van der Waals surface area contributed by atoms with E-state index in [1.54, 1.807) is 19.0 Å². The van der Waals surface area contributed by atoms with Crippen molar-refractivity contribution in [1.82, 2.24) is 14.7 Å². The Hall–Kier alpha value is -2.30. The Morgan fingerprint density at radius 2 is 1.92 bits per heavy atom. The van der Waals surface area contributed by atoms with Gasteiger partial charge in [0.25, 0.3) is 5.91 Å². The Bertz CT molecular complexity index is 730. The summed E-state index contributed by atoms with van der Waals surface area (Å²) in [5.41, 5.74) is 4.54. The van der Waals surface area contributed by atoms with Gasteiger partial charge in [0.05, 0.1) is 6.20 Å². The summed E-state index contributed by atoms with van der Waals surface area (Å²) < 4.78 is 2.15. The number of fused-ring (bicyclic) bond motifs is 1. The van der Waals surface area contributed by atoms with Gasteiger partial charge in [-0.25, -0.2) is 0 Å². The molecule has 0 aliphatic carbocycles. The molecule has 1 unspecified atom stereocenters. The molecule has 128 valence electrons. The van der Waals surface area contributed by atoms with Gasteiger partial charge in [0.2, 0.25) is 0 Å². The van der Waals surface area contributed by atoms with Crippen LogP contribution in [0.2, 0.25) is 0 Å². The van der Waals surface area contributed by atoms with Gasteiger partial charge in [0.15, 0.2) is 0 Å². The highest BCUT2D eigenvalue weighted by Crippen LogP contribution is 2.32. The van der Waals surface area contributed by atoms with Crippen LogP contribution in [0.4, 0.5) is 5.69 Å². The Labute approximate surface area is 143 Å². The maximum Gasteiger partial charge on any atom is 0.253 e. The number of hydrogen-bond donors (Lipinski definition) is 0. The molecule has 1 aliphatic heterocycles. The molecule has 0 fully saturated rings. The van der Waals surface area contributed by atoms with E-state index in [0.717, 1.165) is 24.3 Å². The molecule has 2 aromatic rings.